The Bertz CT molecular complexity index is 298. The van der Waals surface area contributed by atoms with Crippen molar-refractivity contribution in [2.45, 2.75) is 89.5 Å². The molecule has 2 fully saturated rings. The molecular formula is C17H34N2O. The summed E-state index contributed by atoms with van der Waals surface area (Å²) in [5.74, 6) is 0. The first-order valence-electron chi connectivity index (χ1n) is 8.44. The van der Waals surface area contributed by atoms with E-state index in [2.05, 4.69) is 45.0 Å². The summed E-state index contributed by atoms with van der Waals surface area (Å²) >= 11 is 0. The third kappa shape index (κ3) is 4.19. The summed E-state index contributed by atoms with van der Waals surface area (Å²) in [6.07, 6.45) is 8.21. The second kappa shape index (κ2) is 6.33. The molecule has 118 valence electrons. The molecule has 0 amide bonds. The third-order valence-electron chi connectivity index (χ3n) is 4.79. The molecule has 3 heteroatoms. The van der Waals surface area contributed by atoms with Crippen LogP contribution < -0.4 is 5.32 Å². The minimum atomic E-state index is -0.0393. The van der Waals surface area contributed by atoms with Crippen molar-refractivity contribution in [2.24, 2.45) is 0 Å². The molecule has 0 radical (unpaired) electrons. The molecule has 1 aliphatic carbocycles. The zero-order valence-corrected chi connectivity index (χ0v) is 14.2. The van der Waals surface area contributed by atoms with Crippen LogP contribution in [-0.4, -0.2) is 48.3 Å². The van der Waals surface area contributed by atoms with E-state index in [4.69, 9.17) is 4.74 Å². The molecule has 2 atom stereocenters. The van der Waals surface area contributed by atoms with Gasteiger partial charge >= 0.3 is 0 Å². The maximum Gasteiger partial charge on any atom is 0.0760 e. The van der Waals surface area contributed by atoms with Gasteiger partial charge in [-0.1, -0.05) is 25.7 Å². The molecule has 2 aliphatic rings. The van der Waals surface area contributed by atoms with Gasteiger partial charge in [0.25, 0.3) is 0 Å². The summed E-state index contributed by atoms with van der Waals surface area (Å²) in [7, 11) is 2.13. The van der Waals surface area contributed by atoms with E-state index in [-0.39, 0.29) is 11.2 Å². The lowest BCUT2D eigenvalue weighted by Gasteiger charge is -2.51. The van der Waals surface area contributed by atoms with E-state index in [9.17, 15) is 0 Å². The van der Waals surface area contributed by atoms with Crippen molar-refractivity contribution in [3.63, 3.8) is 0 Å². The van der Waals surface area contributed by atoms with Crippen molar-refractivity contribution in [3.05, 3.63) is 0 Å². The van der Waals surface area contributed by atoms with Gasteiger partial charge in [0.05, 0.1) is 11.2 Å². The molecule has 3 nitrogen and oxygen atoms in total. The summed E-state index contributed by atoms with van der Waals surface area (Å²) in [4.78, 5) is 2.70. The Labute approximate surface area is 125 Å². The van der Waals surface area contributed by atoms with Crippen LogP contribution in [0.4, 0.5) is 0 Å². The van der Waals surface area contributed by atoms with Gasteiger partial charge in [0.15, 0.2) is 0 Å². The van der Waals surface area contributed by atoms with E-state index in [0.29, 0.717) is 12.1 Å². The number of hydrogen-bond acceptors (Lipinski definition) is 3. The van der Waals surface area contributed by atoms with Gasteiger partial charge in [-0.25, -0.2) is 0 Å². The molecule has 2 rings (SSSR count). The molecule has 0 bridgehead atoms. The Morgan fingerprint density at radius 1 is 0.900 bits per heavy atom. The molecule has 1 aliphatic heterocycles. The lowest BCUT2D eigenvalue weighted by molar-refractivity contribution is -0.190. The van der Waals surface area contributed by atoms with Crippen LogP contribution in [0.2, 0.25) is 0 Å². The van der Waals surface area contributed by atoms with Crippen LogP contribution in [0.1, 0.15) is 66.2 Å². The molecule has 0 aromatic heterocycles. The Kier molecular flexibility index (Phi) is 5.14. The van der Waals surface area contributed by atoms with Gasteiger partial charge in [0.1, 0.15) is 0 Å². The number of hydrogen-bond donors (Lipinski definition) is 1. The van der Waals surface area contributed by atoms with Gasteiger partial charge in [0.2, 0.25) is 0 Å². The minimum Gasteiger partial charge on any atom is -0.367 e. The fourth-order valence-corrected chi connectivity index (χ4v) is 4.32. The highest BCUT2D eigenvalue weighted by Gasteiger charge is 2.41. The fourth-order valence-electron chi connectivity index (χ4n) is 4.32. The van der Waals surface area contributed by atoms with Crippen LogP contribution in [0.5, 0.6) is 0 Å². The minimum absolute atomic E-state index is 0.0393. The summed E-state index contributed by atoms with van der Waals surface area (Å²) < 4.78 is 6.24. The van der Waals surface area contributed by atoms with Crippen molar-refractivity contribution in [1.29, 1.82) is 0 Å². The van der Waals surface area contributed by atoms with Gasteiger partial charge < -0.3 is 10.1 Å². The Morgan fingerprint density at radius 2 is 1.45 bits per heavy atom. The Balaban J connectivity index is 2.12. The molecule has 1 saturated carbocycles. The quantitative estimate of drug-likeness (QED) is 0.842. The standard InChI is InChI=1S/C17H34N2O/c1-16(2)12-19(13-17(3,4)20-16)15-11-9-7-6-8-10-14(15)18-5/h14-15,18H,6-13H2,1-5H3. The lowest BCUT2D eigenvalue weighted by atomic mass is 9.88. The molecular weight excluding hydrogens is 248 g/mol. The number of nitrogens with one attached hydrogen (secondary N) is 1. The van der Waals surface area contributed by atoms with Crippen LogP contribution in [0.15, 0.2) is 0 Å². The molecule has 1 saturated heterocycles. The molecule has 20 heavy (non-hydrogen) atoms. The van der Waals surface area contributed by atoms with Crippen LogP contribution in [0, 0.1) is 0 Å². The van der Waals surface area contributed by atoms with Gasteiger partial charge in [-0.05, 0) is 47.6 Å². The number of morpholine rings is 1. The van der Waals surface area contributed by atoms with Crippen molar-refractivity contribution >= 4 is 0 Å². The fraction of sp³-hybridized carbons (Fsp3) is 1.00. The van der Waals surface area contributed by atoms with E-state index < -0.39 is 0 Å². The molecule has 0 spiro atoms. The molecule has 0 aromatic rings. The van der Waals surface area contributed by atoms with Crippen molar-refractivity contribution in [1.82, 2.24) is 10.2 Å². The highest BCUT2D eigenvalue weighted by Crippen LogP contribution is 2.32. The zero-order valence-electron chi connectivity index (χ0n) is 14.2. The smallest absolute Gasteiger partial charge is 0.0760 e. The van der Waals surface area contributed by atoms with Crippen LogP contribution in [0.3, 0.4) is 0 Å². The maximum absolute atomic E-state index is 6.24. The van der Waals surface area contributed by atoms with E-state index in [1.807, 2.05) is 0 Å². The van der Waals surface area contributed by atoms with E-state index in [1.165, 1.54) is 38.5 Å². The van der Waals surface area contributed by atoms with Gasteiger partial charge in [0, 0.05) is 25.2 Å². The second-order valence-corrected chi connectivity index (χ2v) is 7.98. The number of ether oxygens (including phenoxy) is 1. The third-order valence-corrected chi connectivity index (χ3v) is 4.79. The van der Waals surface area contributed by atoms with E-state index in [1.54, 1.807) is 0 Å². The first kappa shape index (κ1) is 16.3. The normalized spacial score (nSPS) is 35.2. The summed E-state index contributed by atoms with van der Waals surface area (Å²) in [6.45, 7) is 11.0. The van der Waals surface area contributed by atoms with Crippen molar-refractivity contribution < 1.29 is 4.74 Å². The first-order chi connectivity index (χ1) is 9.33. The molecule has 1 N–H and O–H groups in total. The lowest BCUT2D eigenvalue weighted by Crippen LogP contribution is -2.63. The maximum atomic E-state index is 6.24. The number of likely N-dealkylation sites (N-methyl/N-ethyl adjacent to an activating group) is 1. The number of rotatable bonds is 2. The number of nitrogens with zero attached hydrogens (tertiary/aromatic N) is 1. The topological polar surface area (TPSA) is 24.5 Å². The van der Waals surface area contributed by atoms with Crippen molar-refractivity contribution in [2.75, 3.05) is 20.1 Å². The summed E-state index contributed by atoms with van der Waals surface area (Å²) in [5, 5.41) is 3.59. The Hall–Kier alpha value is -0.120. The van der Waals surface area contributed by atoms with Gasteiger partial charge in [-0.3, -0.25) is 4.90 Å². The highest BCUT2D eigenvalue weighted by molar-refractivity contribution is 4.95. The summed E-state index contributed by atoms with van der Waals surface area (Å²) in [6, 6.07) is 1.31. The van der Waals surface area contributed by atoms with E-state index in [0.717, 1.165) is 13.1 Å². The van der Waals surface area contributed by atoms with Crippen LogP contribution in [0.25, 0.3) is 0 Å². The first-order valence-corrected chi connectivity index (χ1v) is 8.44. The van der Waals surface area contributed by atoms with Gasteiger partial charge in [-0.15, -0.1) is 0 Å². The average Bonchev–Trinajstić information content (AvgIpc) is 2.24. The predicted octanol–water partition coefficient (Wildman–Crippen LogP) is 3.19. The molecule has 0 aromatic carbocycles. The molecule has 2 unspecified atom stereocenters. The Morgan fingerprint density at radius 3 is 2.00 bits per heavy atom. The average molecular weight is 282 g/mol. The SMILES string of the molecule is CNC1CCCCCCC1N1CC(C)(C)OC(C)(C)C1. The van der Waals surface area contributed by atoms with Crippen LogP contribution >= 0.6 is 0 Å². The molecule has 1 heterocycles. The zero-order chi connectivity index (χ0) is 14.8. The highest BCUT2D eigenvalue weighted by atomic mass is 16.5. The largest absolute Gasteiger partial charge is 0.367 e. The predicted molar refractivity (Wildman–Crippen MR) is 85.2 cm³/mol. The monoisotopic (exact) mass is 282 g/mol. The van der Waals surface area contributed by atoms with Gasteiger partial charge in [-0.2, -0.15) is 0 Å². The van der Waals surface area contributed by atoms with Crippen LogP contribution in [-0.2, 0) is 4.74 Å². The summed E-state index contributed by atoms with van der Waals surface area (Å²) in [5.41, 5.74) is -0.0786. The second-order valence-electron chi connectivity index (χ2n) is 7.98. The van der Waals surface area contributed by atoms with Crippen molar-refractivity contribution in [3.8, 4) is 0 Å². The van der Waals surface area contributed by atoms with E-state index >= 15 is 0 Å².